The number of nitrogens with zero attached hydrogens (tertiary/aromatic N) is 2. The maximum absolute atomic E-state index is 14.5. The molecule has 6 atom stereocenters. The number of urea groups is 1. The fourth-order valence-corrected chi connectivity index (χ4v) is 7.75. The van der Waals surface area contributed by atoms with Crippen molar-refractivity contribution in [3.63, 3.8) is 0 Å². The van der Waals surface area contributed by atoms with Gasteiger partial charge in [0.15, 0.2) is 0 Å². The molecule has 0 aromatic carbocycles. The van der Waals surface area contributed by atoms with E-state index in [0.29, 0.717) is 13.0 Å². The molecule has 0 bridgehead atoms. The minimum atomic E-state index is -1.04. The molecule has 0 aromatic rings. The van der Waals surface area contributed by atoms with Gasteiger partial charge in [-0.15, -0.1) is 6.58 Å². The topological polar surface area (TPSA) is 166 Å². The molecule has 2 aliphatic carbocycles. The maximum Gasteiger partial charge on any atom is 0.410 e. The fraction of sp³-hybridized carbons (Fsp3) is 0.789. The molecule has 3 rings (SSSR count). The lowest BCUT2D eigenvalue weighted by molar-refractivity contribution is -0.145. The average molecular weight is 717 g/mol. The number of hydrogen-bond donors (Lipinski definition) is 4. The molecule has 1 saturated heterocycles. The first kappa shape index (κ1) is 41.8. The van der Waals surface area contributed by atoms with Crippen LogP contribution in [0.25, 0.3) is 0 Å². The van der Waals surface area contributed by atoms with Gasteiger partial charge in [0.05, 0.1) is 12.1 Å². The van der Waals surface area contributed by atoms with Crippen molar-refractivity contribution in [2.24, 2.45) is 28.6 Å². The van der Waals surface area contributed by atoms with Gasteiger partial charge in [0, 0.05) is 26.7 Å². The van der Waals surface area contributed by atoms with Crippen molar-refractivity contribution < 1.29 is 33.5 Å². The van der Waals surface area contributed by atoms with E-state index in [4.69, 9.17) is 4.74 Å². The standard InChI is InChI=1S/C38H64N6O7/c1-12-17-25(29(45)32(47)39-20-13-2)40-31(46)28-27-24(38(27,9)10)21-44(28)33(48)30(36(3,4)5)42-34(49)41-26(23-18-15-14-16-19-23)22-43(11)35(50)51-37(6,7)8/h13,23-28,30H,2,12,14-22H2,1,3-11H3,(H,39,47)(H,40,46)(H2,41,42,49)/t24-,25?,26+,27-,28-,30+/m0/s1. The number of amides is 6. The Hall–Kier alpha value is -3.64. The molecule has 0 aromatic heterocycles. The molecule has 1 heterocycles. The maximum atomic E-state index is 14.5. The Morgan fingerprint density at radius 1 is 0.980 bits per heavy atom. The summed E-state index contributed by atoms with van der Waals surface area (Å²) < 4.78 is 5.56. The van der Waals surface area contributed by atoms with E-state index in [1.165, 1.54) is 11.0 Å². The lowest BCUT2D eigenvalue weighted by atomic mass is 9.83. The Balaban J connectivity index is 1.81. The zero-order chi connectivity index (χ0) is 38.5. The molecule has 3 fully saturated rings. The van der Waals surface area contributed by atoms with Crippen molar-refractivity contribution in [3.8, 4) is 0 Å². The Kier molecular flexibility index (Phi) is 13.8. The summed E-state index contributed by atoms with van der Waals surface area (Å²) >= 11 is 0. The number of nitrogens with one attached hydrogen (secondary N) is 4. The lowest BCUT2D eigenvalue weighted by Crippen LogP contribution is -2.62. The lowest BCUT2D eigenvalue weighted by Gasteiger charge is -2.39. The van der Waals surface area contributed by atoms with Gasteiger partial charge in [0.2, 0.25) is 17.6 Å². The summed E-state index contributed by atoms with van der Waals surface area (Å²) in [5.74, 6) is -2.33. The first-order chi connectivity index (χ1) is 23.6. The van der Waals surface area contributed by atoms with Crippen molar-refractivity contribution in [2.75, 3.05) is 26.7 Å². The number of Topliss-reactive ketones (excluding diaryl/α,β-unsaturated/α-hetero) is 1. The van der Waals surface area contributed by atoms with Crippen LogP contribution in [0.15, 0.2) is 12.7 Å². The van der Waals surface area contributed by atoms with Crippen LogP contribution in [-0.4, -0.2) is 102 Å². The molecule has 2 saturated carbocycles. The average Bonchev–Trinajstić information content (AvgIpc) is 3.34. The molecular formula is C38H64N6O7. The highest BCUT2D eigenvalue weighted by atomic mass is 16.6. The molecule has 0 spiro atoms. The highest BCUT2D eigenvalue weighted by Crippen LogP contribution is 2.65. The van der Waals surface area contributed by atoms with Gasteiger partial charge in [-0.2, -0.15) is 0 Å². The molecular weight excluding hydrogens is 652 g/mol. The third kappa shape index (κ3) is 10.7. The number of carbonyl (C=O) groups excluding carboxylic acids is 6. The van der Waals surface area contributed by atoms with Gasteiger partial charge in [0.1, 0.15) is 17.7 Å². The normalized spacial score (nSPS) is 23.1. The highest BCUT2D eigenvalue weighted by molar-refractivity contribution is 6.38. The van der Waals surface area contributed by atoms with Gasteiger partial charge in [-0.25, -0.2) is 9.59 Å². The predicted molar refractivity (Wildman–Crippen MR) is 195 cm³/mol. The molecule has 51 heavy (non-hydrogen) atoms. The Morgan fingerprint density at radius 3 is 2.16 bits per heavy atom. The number of hydrogen-bond acceptors (Lipinski definition) is 7. The number of ether oxygens (including phenoxy) is 1. The fourth-order valence-electron chi connectivity index (χ4n) is 7.75. The van der Waals surface area contributed by atoms with Gasteiger partial charge in [0.25, 0.3) is 5.91 Å². The Labute approximate surface area is 304 Å². The van der Waals surface area contributed by atoms with Crippen LogP contribution in [-0.2, 0) is 23.9 Å². The van der Waals surface area contributed by atoms with Crippen molar-refractivity contribution >= 4 is 35.6 Å². The summed E-state index contributed by atoms with van der Waals surface area (Å²) in [5.41, 5.74) is -1.58. The van der Waals surface area contributed by atoms with Crippen LogP contribution in [0.1, 0.15) is 107 Å². The summed E-state index contributed by atoms with van der Waals surface area (Å²) in [6.45, 7) is 21.2. The molecule has 288 valence electrons. The zero-order valence-electron chi connectivity index (χ0n) is 32.6. The SMILES string of the molecule is C=CCNC(=O)C(=O)C(CCC)NC(=O)[C@@H]1[C@@H]2[C@H](CN1C(=O)[C@@H](NC(=O)N[C@H](CN(C)C(=O)OC(C)(C)C)C1CCCCC1)C(C)(C)C)C2(C)C. The van der Waals surface area contributed by atoms with Crippen molar-refractivity contribution in [3.05, 3.63) is 12.7 Å². The van der Waals surface area contributed by atoms with E-state index in [1.807, 2.05) is 27.7 Å². The van der Waals surface area contributed by atoms with Crippen LogP contribution < -0.4 is 21.3 Å². The van der Waals surface area contributed by atoms with E-state index in [2.05, 4.69) is 41.7 Å². The highest BCUT2D eigenvalue weighted by Gasteiger charge is 2.70. The van der Waals surface area contributed by atoms with E-state index in [1.54, 1.807) is 32.7 Å². The summed E-state index contributed by atoms with van der Waals surface area (Å²) in [6.07, 6.45) is 6.82. The molecule has 13 heteroatoms. The summed E-state index contributed by atoms with van der Waals surface area (Å²) in [6, 6.07) is -3.78. The van der Waals surface area contributed by atoms with E-state index >= 15 is 0 Å². The Morgan fingerprint density at radius 2 is 1.61 bits per heavy atom. The number of ketones is 1. The second-order valence-corrected chi connectivity index (χ2v) is 17.4. The summed E-state index contributed by atoms with van der Waals surface area (Å²) in [5, 5.41) is 11.3. The van der Waals surface area contributed by atoms with E-state index < -0.39 is 58.9 Å². The molecule has 6 amide bonds. The predicted octanol–water partition coefficient (Wildman–Crippen LogP) is 4.16. The third-order valence-electron chi connectivity index (χ3n) is 10.7. The third-order valence-corrected chi connectivity index (χ3v) is 10.7. The molecule has 3 aliphatic rings. The van der Waals surface area contributed by atoms with Crippen LogP contribution in [0, 0.1) is 28.6 Å². The first-order valence-corrected chi connectivity index (χ1v) is 18.7. The summed E-state index contributed by atoms with van der Waals surface area (Å²) in [7, 11) is 1.66. The van der Waals surface area contributed by atoms with Gasteiger partial charge in [-0.05, 0) is 68.6 Å². The largest absolute Gasteiger partial charge is 0.444 e. The van der Waals surface area contributed by atoms with E-state index in [-0.39, 0.29) is 54.6 Å². The summed E-state index contributed by atoms with van der Waals surface area (Å²) in [4.78, 5) is 83.7. The molecule has 13 nitrogen and oxygen atoms in total. The van der Waals surface area contributed by atoms with Crippen molar-refractivity contribution in [2.45, 2.75) is 137 Å². The van der Waals surface area contributed by atoms with Crippen molar-refractivity contribution in [1.29, 1.82) is 0 Å². The van der Waals surface area contributed by atoms with Crippen molar-refractivity contribution in [1.82, 2.24) is 31.1 Å². The van der Waals surface area contributed by atoms with Crippen LogP contribution in [0.2, 0.25) is 0 Å². The van der Waals surface area contributed by atoms with Crippen LogP contribution in [0.4, 0.5) is 9.59 Å². The molecule has 1 aliphatic heterocycles. The second kappa shape index (κ2) is 16.8. The monoisotopic (exact) mass is 716 g/mol. The zero-order valence-corrected chi connectivity index (χ0v) is 32.6. The quantitative estimate of drug-likeness (QED) is 0.155. The number of piperidine rings is 1. The first-order valence-electron chi connectivity index (χ1n) is 18.7. The smallest absolute Gasteiger partial charge is 0.410 e. The number of likely N-dealkylation sites (N-methyl/N-ethyl adjacent to an activating group) is 1. The number of fused-ring (bicyclic) bond motifs is 1. The number of likely N-dealkylation sites (tertiary alicyclic amines) is 1. The minimum Gasteiger partial charge on any atom is -0.444 e. The van der Waals surface area contributed by atoms with Gasteiger partial charge >= 0.3 is 12.1 Å². The van der Waals surface area contributed by atoms with Gasteiger partial charge in [-0.3, -0.25) is 19.2 Å². The van der Waals surface area contributed by atoms with Gasteiger partial charge in [-0.1, -0.05) is 73.3 Å². The molecule has 0 radical (unpaired) electrons. The van der Waals surface area contributed by atoms with Crippen LogP contribution in [0.5, 0.6) is 0 Å². The van der Waals surface area contributed by atoms with Crippen LogP contribution >= 0.6 is 0 Å². The minimum absolute atomic E-state index is 0.0712. The van der Waals surface area contributed by atoms with E-state index in [9.17, 15) is 28.8 Å². The molecule has 4 N–H and O–H groups in total. The Bertz CT molecular complexity index is 1310. The molecule has 1 unspecified atom stereocenters. The van der Waals surface area contributed by atoms with Crippen LogP contribution in [0.3, 0.4) is 0 Å². The number of rotatable bonds is 14. The van der Waals surface area contributed by atoms with Gasteiger partial charge < -0.3 is 35.8 Å². The number of carbonyl (C=O) groups is 6. The second-order valence-electron chi connectivity index (χ2n) is 17.4. The van der Waals surface area contributed by atoms with E-state index in [0.717, 1.165) is 32.1 Å².